The predicted octanol–water partition coefficient (Wildman–Crippen LogP) is 1.25. The molecule has 0 aliphatic carbocycles. The van der Waals surface area contributed by atoms with Crippen LogP contribution in [0.15, 0.2) is 18.5 Å². The van der Waals surface area contributed by atoms with Crippen molar-refractivity contribution in [2.75, 3.05) is 6.54 Å². The molecule has 0 spiro atoms. The Morgan fingerprint density at radius 1 is 1.56 bits per heavy atom. The van der Waals surface area contributed by atoms with Crippen molar-refractivity contribution in [1.29, 1.82) is 0 Å². The number of pyridine rings is 1. The Labute approximate surface area is 96.3 Å². The van der Waals surface area contributed by atoms with E-state index in [-0.39, 0.29) is 11.9 Å². The minimum atomic E-state index is -0.109. The molecule has 0 bridgehead atoms. The number of carbonyl (C=O) groups is 1. The summed E-state index contributed by atoms with van der Waals surface area (Å²) in [7, 11) is 0. The molecule has 0 aromatic carbocycles. The van der Waals surface area contributed by atoms with Crippen LogP contribution < -0.4 is 11.1 Å². The van der Waals surface area contributed by atoms with E-state index in [2.05, 4.69) is 17.2 Å². The molecule has 0 radical (unpaired) electrons. The van der Waals surface area contributed by atoms with Crippen LogP contribution in [0.3, 0.4) is 0 Å². The van der Waals surface area contributed by atoms with Crippen molar-refractivity contribution >= 4 is 5.91 Å². The fourth-order valence-corrected chi connectivity index (χ4v) is 1.48. The highest BCUT2D eigenvalue weighted by Gasteiger charge is 2.07. The van der Waals surface area contributed by atoms with Crippen molar-refractivity contribution in [1.82, 2.24) is 10.3 Å². The van der Waals surface area contributed by atoms with Crippen LogP contribution in [-0.4, -0.2) is 23.5 Å². The van der Waals surface area contributed by atoms with Crippen LogP contribution >= 0.6 is 0 Å². The molecule has 1 rings (SSSR count). The molecule has 0 aliphatic rings. The number of aryl methyl sites for hydroxylation is 1. The summed E-state index contributed by atoms with van der Waals surface area (Å²) in [5.41, 5.74) is 7.37. The fraction of sp³-hybridized carbons (Fsp3) is 0.500. The summed E-state index contributed by atoms with van der Waals surface area (Å²) in [6, 6.07) is 1.85. The molecule has 0 aliphatic heterocycles. The number of aromatic nitrogens is 1. The number of amides is 1. The molecule has 4 nitrogen and oxygen atoms in total. The zero-order valence-electron chi connectivity index (χ0n) is 9.86. The highest BCUT2D eigenvalue weighted by atomic mass is 16.1. The van der Waals surface area contributed by atoms with Crippen molar-refractivity contribution in [2.45, 2.75) is 32.7 Å². The van der Waals surface area contributed by atoms with E-state index in [0.717, 1.165) is 18.4 Å². The number of nitrogens with one attached hydrogen (secondary N) is 1. The number of hydrogen-bond acceptors (Lipinski definition) is 3. The SMILES string of the molecule is CCCC(N)CNC(=O)c1cncc(C)c1. The fourth-order valence-electron chi connectivity index (χ4n) is 1.48. The van der Waals surface area contributed by atoms with Gasteiger partial charge < -0.3 is 11.1 Å². The summed E-state index contributed by atoms with van der Waals surface area (Å²) in [5.74, 6) is -0.109. The Balaban J connectivity index is 2.47. The average Bonchev–Trinajstić information content (AvgIpc) is 2.26. The third-order valence-corrected chi connectivity index (χ3v) is 2.32. The van der Waals surface area contributed by atoms with E-state index in [0.29, 0.717) is 12.1 Å². The second-order valence-electron chi connectivity index (χ2n) is 4.01. The van der Waals surface area contributed by atoms with Gasteiger partial charge in [0.05, 0.1) is 5.56 Å². The zero-order valence-corrected chi connectivity index (χ0v) is 9.86. The molecule has 1 aromatic rings. The largest absolute Gasteiger partial charge is 0.350 e. The van der Waals surface area contributed by atoms with Gasteiger partial charge in [-0.3, -0.25) is 9.78 Å². The van der Waals surface area contributed by atoms with Gasteiger partial charge in [0.1, 0.15) is 0 Å². The first-order valence-corrected chi connectivity index (χ1v) is 5.59. The summed E-state index contributed by atoms with van der Waals surface area (Å²) in [5, 5.41) is 2.81. The predicted molar refractivity (Wildman–Crippen MR) is 64.2 cm³/mol. The minimum Gasteiger partial charge on any atom is -0.350 e. The summed E-state index contributed by atoms with van der Waals surface area (Å²) in [6.07, 6.45) is 5.24. The third kappa shape index (κ3) is 3.98. The molecule has 0 fully saturated rings. The number of rotatable bonds is 5. The Morgan fingerprint density at radius 2 is 2.31 bits per heavy atom. The van der Waals surface area contributed by atoms with Crippen molar-refractivity contribution < 1.29 is 4.79 Å². The van der Waals surface area contributed by atoms with Crippen LogP contribution in [0.5, 0.6) is 0 Å². The molecule has 0 saturated heterocycles. The van der Waals surface area contributed by atoms with E-state index in [1.807, 2.05) is 13.0 Å². The van der Waals surface area contributed by atoms with Gasteiger partial charge in [-0.25, -0.2) is 0 Å². The van der Waals surface area contributed by atoms with Gasteiger partial charge in [-0.15, -0.1) is 0 Å². The van der Waals surface area contributed by atoms with Crippen molar-refractivity contribution in [3.8, 4) is 0 Å². The van der Waals surface area contributed by atoms with Crippen molar-refractivity contribution in [3.05, 3.63) is 29.6 Å². The van der Waals surface area contributed by atoms with E-state index < -0.39 is 0 Å². The summed E-state index contributed by atoms with van der Waals surface area (Å²) in [4.78, 5) is 15.7. The maximum absolute atomic E-state index is 11.7. The topological polar surface area (TPSA) is 68.0 Å². The Morgan fingerprint density at radius 3 is 2.94 bits per heavy atom. The maximum atomic E-state index is 11.7. The number of hydrogen-bond donors (Lipinski definition) is 2. The van der Waals surface area contributed by atoms with Gasteiger partial charge in [-0.05, 0) is 25.0 Å². The lowest BCUT2D eigenvalue weighted by Gasteiger charge is -2.11. The molecule has 0 saturated carbocycles. The quantitative estimate of drug-likeness (QED) is 0.786. The summed E-state index contributed by atoms with van der Waals surface area (Å²) < 4.78 is 0. The van der Waals surface area contributed by atoms with Crippen molar-refractivity contribution in [2.24, 2.45) is 5.73 Å². The highest BCUT2D eigenvalue weighted by Crippen LogP contribution is 2.01. The summed E-state index contributed by atoms with van der Waals surface area (Å²) in [6.45, 7) is 4.50. The molecular weight excluding hydrogens is 202 g/mol. The molecule has 1 aromatic heterocycles. The van der Waals surface area contributed by atoms with Crippen LogP contribution in [0.1, 0.15) is 35.7 Å². The second-order valence-corrected chi connectivity index (χ2v) is 4.01. The lowest BCUT2D eigenvalue weighted by molar-refractivity contribution is 0.0950. The first kappa shape index (κ1) is 12.6. The van der Waals surface area contributed by atoms with Gasteiger partial charge in [0.2, 0.25) is 0 Å². The van der Waals surface area contributed by atoms with Crippen LogP contribution in [-0.2, 0) is 0 Å². The number of nitrogens with two attached hydrogens (primary N) is 1. The third-order valence-electron chi connectivity index (χ3n) is 2.32. The normalized spacial score (nSPS) is 12.2. The first-order chi connectivity index (χ1) is 7.63. The standard InChI is InChI=1S/C12H19N3O/c1-3-4-11(13)8-15-12(16)10-5-9(2)6-14-7-10/h5-7,11H,3-4,8,13H2,1-2H3,(H,15,16). The van der Waals surface area contributed by atoms with E-state index >= 15 is 0 Å². The molecule has 1 amide bonds. The molecule has 1 heterocycles. The van der Waals surface area contributed by atoms with Crippen LogP contribution in [0.25, 0.3) is 0 Å². The minimum absolute atomic E-state index is 0.0340. The Hall–Kier alpha value is -1.42. The molecule has 4 heteroatoms. The first-order valence-electron chi connectivity index (χ1n) is 5.59. The summed E-state index contributed by atoms with van der Waals surface area (Å²) >= 11 is 0. The Kier molecular flexibility index (Phi) is 4.92. The highest BCUT2D eigenvalue weighted by molar-refractivity contribution is 5.93. The zero-order chi connectivity index (χ0) is 12.0. The molecule has 1 unspecified atom stereocenters. The molecule has 88 valence electrons. The van der Waals surface area contributed by atoms with E-state index in [9.17, 15) is 4.79 Å². The van der Waals surface area contributed by atoms with E-state index in [4.69, 9.17) is 5.73 Å². The Bertz CT molecular complexity index is 352. The monoisotopic (exact) mass is 221 g/mol. The average molecular weight is 221 g/mol. The van der Waals surface area contributed by atoms with Crippen LogP contribution in [0, 0.1) is 6.92 Å². The van der Waals surface area contributed by atoms with E-state index in [1.54, 1.807) is 12.4 Å². The smallest absolute Gasteiger partial charge is 0.252 e. The van der Waals surface area contributed by atoms with Gasteiger partial charge in [-0.2, -0.15) is 0 Å². The maximum Gasteiger partial charge on any atom is 0.252 e. The lowest BCUT2D eigenvalue weighted by Crippen LogP contribution is -2.37. The van der Waals surface area contributed by atoms with Gasteiger partial charge in [0.15, 0.2) is 0 Å². The van der Waals surface area contributed by atoms with Gasteiger partial charge in [0.25, 0.3) is 5.91 Å². The van der Waals surface area contributed by atoms with Gasteiger partial charge in [-0.1, -0.05) is 13.3 Å². The number of nitrogens with zero attached hydrogens (tertiary/aromatic N) is 1. The van der Waals surface area contributed by atoms with Crippen LogP contribution in [0.2, 0.25) is 0 Å². The molecule has 16 heavy (non-hydrogen) atoms. The van der Waals surface area contributed by atoms with Gasteiger partial charge in [0, 0.05) is 25.0 Å². The molecular formula is C12H19N3O. The van der Waals surface area contributed by atoms with Crippen LogP contribution in [0.4, 0.5) is 0 Å². The van der Waals surface area contributed by atoms with Gasteiger partial charge >= 0.3 is 0 Å². The molecule has 3 N–H and O–H groups in total. The second kappa shape index (κ2) is 6.23. The lowest BCUT2D eigenvalue weighted by atomic mass is 10.1. The molecule has 1 atom stereocenters. The number of carbonyl (C=O) groups excluding carboxylic acids is 1. The van der Waals surface area contributed by atoms with E-state index in [1.165, 1.54) is 0 Å². The van der Waals surface area contributed by atoms with Crippen molar-refractivity contribution in [3.63, 3.8) is 0 Å².